The average molecular weight is 248 g/mol. The third-order valence-electron chi connectivity index (χ3n) is 2.96. The van der Waals surface area contributed by atoms with E-state index in [4.69, 9.17) is 5.84 Å². The van der Waals surface area contributed by atoms with Gasteiger partial charge in [0.2, 0.25) is 5.91 Å². The maximum Gasteiger partial charge on any atom is 0.265 e. The summed E-state index contributed by atoms with van der Waals surface area (Å²) in [5, 5.41) is 0. The Hall–Kier alpha value is -1.92. The zero-order chi connectivity index (χ0) is 13.1. The number of nitrogens with one attached hydrogen (secondary N) is 1. The molecule has 1 aromatic carbocycles. The van der Waals surface area contributed by atoms with Crippen LogP contribution >= 0.6 is 0 Å². The second-order valence-electron chi connectivity index (χ2n) is 4.31. The number of benzene rings is 1. The van der Waals surface area contributed by atoms with E-state index in [0.29, 0.717) is 18.7 Å². The largest absolute Gasteiger partial charge is 0.310 e. The van der Waals surface area contributed by atoms with Gasteiger partial charge in [0, 0.05) is 24.3 Å². The monoisotopic (exact) mass is 248 g/mol. The molecule has 0 unspecified atom stereocenters. The predicted octanol–water partition coefficient (Wildman–Crippen LogP) is -0.431. The van der Waals surface area contributed by atoms with E-state index in [1.807, 2.05) is 18.0 Å². The first-order valence-electron chi connectivity index (χ1n) is 5.71. The highest BCUT2D eigenvalue weighted by molar-refractivity contribution is 5.98. The number of rotatable bonds is 2. The van der Waals surface area contributed by atoms with Gasteiger partial charge in [-0.1, -0.05) is 6.07 Å². The Bertz CT molecular complexity index is 475. The Kier molecular flexibility index (Phi) is 3.59. The van der Waals surface area contributed by atoms with Crippen LogP contribution in [0.5, 0.6) is 0 Å². The SMILES string of the molecule is CN1CCN(c2cccc(C(=O)NN)c2)C(=O)C1. The molecule has 0 radical (unpaired) electrons. The van der Waals surface area contributed by atoms with Crippen molar-refractivity contribution in [1.82, 2.24) is 10.3 Å². The van der Waals surface area contributed by atoms with Gasteiger partial charge in [-0.2, -0.15) is 0 Å². The van der Waals surface area contributed by atoms with Gasteiger partial charge in [0.15, 0.2) is 0 Å². The number of carbonyl (C=O) groups is 2. The molecule has 3 N–H and O–H groups in total. The molecule has 1 aliphatic rings. The molecular weight excluding hydrogens is 232 g/mol. The van der Waals surface area contributed by atoms with Crippen LogP contribution in [-0.4, -0.2) is 43.4 Å². The quantitative estimate of drug-likeness (QED) is 0.423. The molecule has 2 rings (SSSR count). The minimum atomic E-state index is -0.363. The van der Waals surface area contributed by atoms with Gasteiger partial charge in [0.1, 0.15) is 0 Å². The number of anilines is 1. The van der Waals surface area contributed by atoms with Gasteiger partial charge in [0.25, 0.3) is 5.91 Å². The molecule has 6 heteroatoms. The topological polar surface area (TPSA) is 78.7 Å². The van der Waals surface area contributed by atoms with E-state index in [1.54, 1.807) is 23.1 Å². The summed E-state index contributed by atoms with van der Waals surface area (Å²) >= 11 is 0. The lowest BCUT2D eigenvalue weighted by atomic mass is 10.1. The van der Waals surface area contributed by atoms with Gasteiger partial charge in [-0.25, -0.2) is 5.84 Å². The van der Waals surface area contributed by atoms with Crippen molar-refractivity contribution in [3.63, 3.8) is 0 Å². The summed E-state index contributed by atoms with van der Waals surface area (Å²) < 4.78 is 0. The molecule has 1 aromatic rings. The Labute approximate surface area is 105 Å². The molecule has 0 bridgehead atoms. The standard InChI is InChI=1S/C12H16N4O2/c1-15-5-6-16(11(17)8-15)10-4-2-3-9(7-10)12(18)14-13/h2-4,7H,5-6,8,13H2,1H3,(H,14,18). The van der Waals surface area contributed by atoms with Crippen LogP contribution in [0.4, 0.5) is 5.69 Å². The second kappa shape index (κ2) is 5.16. The van der Waals surface area contributed by atoms with Crippen molar-refractivity contribution in [2.75, 3.05) is 31.6 Å². The van der Waals surface area contributed by atoms with Crippen LogP contribution in [0.25, 0.3) is 0 Å². The number of carbonyl (C=O) groups excluding carboxylic acids is 2. The third kappa shape index (κ3) is 2.49. The maximum absolute atomic E-state index is 11.9. The number of amides is 2. The average Bonchev–Trinajstić information content (AvgIpc) is 2.38. The summed E-state index contributed by atoms with van der Waals surface area (Å²) in [4.78, 5) is 27.0. The number of hydrogen-bond donors (Lipinski definition) is 2. The number of nitrogens with two attached hydrogens (primary N) is 1. The van der Waals surface area contributed by atoms with Crippen LogP contribution < -0.4 is 16.2 Å². The Morgan fingerprint density at radius 2 is 2.17 bits per heavy atom. The number of nitrogens with zero attached hydrogens (tertiary/aromatic N) is 2. The predicted molar refractivity (Wildman–Crippen MR) is 67.9 cm³/mol. The smallest absolute Gasteiger partial charge is 0.265 e. The van der Waals surface area contributed by atoms with E-state index in [1.165, 1.54) is 0 Å². The molecule has 0 spiro atoms. The van der Waals surface area contributed by atoms with Crippen molar-refractivity contribution in [2.24, 2.45) is 5.84 Å². The first kappa shape index (κ1) is 12.5. The lowest BCUT2D eigenvalue weighted by molar-refractivity contribution is -0.120. The van der Waals surface area contributed by atoms with Gasteiger partial charge >= 0.3 is 0 Å². The van der Waals surface area contributed by atoms with Crippen molar-refractivity contribution in [3.8, 4) is 0 Å². The molecule has 1 saturated heterocycles. The summed E-state index contributed by atoms with van der Waals surface area (Å²) in [6.07, 6.45) is 0. The van der Waals surface area contributed by atoms with Gasteiger partial charge in [-0.05, 0) is 25.2 Å². The van der Waals surface area contributed by atoms with Crippen molar-refractivity contribution in [2.45, 2.75) is 0 Å². The van der Waals surface area contributed by atoms with E-state index in [-0.39, 0.29) is 11.8 Å². The molecule has 0 aliphatic carbocycles. The van der Waals surface area contributed by atoms with Crippen LogP contribution in [0.2, 0.25) is 0 Å². The van der Waals surface area contributed by atoms with E-state index < -0.39 is 0 Å². The highest BCUT2D eigenvalue weighted by Crippen LogP contribution is 2.18. The zero-order valence-electron chi connectivity index (χ0n) is 10.2. The van der Waals surface area contributed by atoms with E-state index in [2.05, 4.69) is 5.43 Å². The summed E-state index contributed by atoms with van der Waals surface area (Å²) in [5.41, 5.74) is 3.26. The van der Waals surface area contributed by atoms with Crippen LogP contribution in [0, 0.1) is 0 Å². The summed E-state index contributed by atoms with van der Waals surface area (Å²) in [6.45, 7) is 1.84. The first-order valence-corrected chi connectivity index (χ1v) is 5.71. The summed E-state index contributed by atoms with van der Waals surface area (Å²) in [6, 6.07) is 6.89. The van der Waals surface area contributed by atoms with E-state index >= 15 is 0 Å². The van der Waals surface area contributed by atoms with Crippen molar-refractivity contribution in [1.29, 1.82) is 0 Å². The van der Waals surface area contributed by atoms with Crippen molar-refractivity contribution < 1.29 is 9.59 Å². The maximum atomic E-state index is 11.9. The summed E-state index contributed by atoms with van der Waals surface area (Å²) in [5.74, 6) is 4.76. The molecule has 0 atom stereocenters. The minimum absolute atomic E-state index is 0.0362. The molecule has 1 heterocycles. The molecule has 6 nitrogen and oxygen atoms in total. The summed E-state index contributed by atoms with van der Waals surface area (Å²) in [7, 11) is 1.91. The van der Waals surface area contributed by atoms with E-state index in [9.17, 15) is 9.59 Å². The van der Waals surface area contributed by atoms with Crippen molar-refractivity contribution >= 4 is 17.5 Å². The lowest BCUT2D eigenvalue weighted by Gasteiger charge is -2.32. The van der Waals surface area contributed by atoms with Crippen LogP contribution in [0.3, 0.4) is 0 Å². The molecule has 1 fully saturated rings. The van der Waals surface area contributed by atoms with Crippen LogP contribution in [0.1, 0.15) is 10.4 Å². The van der Waals surface area contributed by atoms with Crippen molar-refractivity contribution in [3.05, 3.63) is 29.8 Å². The Morgan fingerprint density at radius 3 is 2.83 bits per heavy atom. The molecular formula is C12H16N4O2. The molecule has 96 valence electrons. The lowest BCUT2D eigenvalue weighted by Crippen LogP contribution is -2.49. The van der Waals surface area contributed by atoms with Crippen LogP contribution in [-0.2, 0) is 4.79 Å². The number of hydrazine groups is 1. The number of nitrogen functional groups attached to an aromatic ring is 1. The van der Waals surface area contributed by atoms with Gasteiger partial charge in [0.05, 0.1) is 6.54 Å². The number of piperazine rings is 1. The molecule has 1 aliphatic heterocycles. The Balaban J connectivity index is 2.23. The minimum Gasteiger partial charge on any atom is -0.310 e. The fourth-order valence-electron chi connectivity index (χ4n) is 1.96. The van der Waals surface area contributed by atoms with Gasteiger partial charge in [-0.3, -0.25) is 19.9 Å². The number of hydrogen-bond acceptors (Lipinski definition) is 4. The second-order valence-corrected chi connectivity index (χ2v) is 4.31. The zero-order valence-corrected chi connectivity index (χ0v) is 10.2. The Morgan fingerprint density at radius 1 is 1.39 bits per heavy atom. The molecule has 0 saturated carbocycles. The fraction of sp³-hybridized carbons (Fsp3) is 0.333. The highest BCUT2D eigenvalue weighted by atomic mass is 16.2. The van der Waals surface area contributed by atoms with Gasteiger partial charge in [-0.15, -0.1) is 0 Å². The van der Waals surface area contributed by atoms with E-state index in [0.717, 1.165) is 12.2 Å². The first-order chi connectivity index (χ1) is 8.61. The molecule has 18 heavy (non-hydrogen) atoms. The molecule has 2 amide bonds. The highest BCUT2D eigenvalue weighted by Gasteiger charge is 2.23. The molecule has 0 aromatic heterocycles. The van der Waals surface area contributed by atoms with Crippen LogP contribution in [0.15, 0.2) is 24.3 Å². The van der Waals surface area contributed by atoms with Gasteiger partial charge < -0.3 is 4.90 Å². The fourth-order valence-corrected chi connectivity index (χ4v) is 1.96. The number of likely N-dealkylation sites (N-methyl/N-ethyl adjacent to an activating group) is 1. The normalized spacial score (nSPS) is 16.8. The third-order valence-corrected chi connectivity index (χ3v) is 2.96.